The van der Waals surface area contributed by atoms with Gasteiger partial charge in [0.2, 0.25) is 0 Å². The van der Waals surface area contributed by atoms with E-state index in [4.69, 9.17) is 4.74 Å². The number of amides is 1. The molecule has 0 aromatic rings. The molecule has 1 saturated carbocycles. The first-order valence-electron chi connectivity index (χ1n) is 8.07. The van der Waals surface area contributed by atoms with Gasteiger partial charge in [-0.2, -0.15) is 0 Å². The second-order valence-electron chi connectivity index (χ2n) is 6.33. The lowest BCUT2D eigenvalue weighted by Crippen LogP contribution is -2.55. The Morgan fingerprint density at radius 3 is 2.36 bits per heavy atom. The highest BCUT2D eigenvalue weighted by Gasteiger charge is 2.35. The van der Waals surface area contributed by atoms with Crippen LogP contribution in [0.1, 0.15) is 26.2 Å². The average Bonchev–Trinajstić information content (AvgIpc) is 2.99. The highest BCUT2D eigenvalue weighted by Crippen LogP contribution is 2.29. The molecule has 22 heavy (non-hydrogen) atoms. The molecule has 2 heterocycles. The summed E-state index contributed by atoms with van der Waals surface area (Å²) in [5.41, 5.74) is 0. The second-order valence-corrected chi connectivity index (χ2v) is 6.33. The van der Waals surface area contributed by atoms with Gasteiger partial charge < -0.3 is 19.9 Å². The normalized spacial score (nSPS) is 31.7. The number of guanidine groups is 1. The molecule has 126 valence electrons. The van der Waals surface area contributed by atoms with Crippen molar-refractivity contribution in [3.63, 3.8) is 0 Å². The second kappa shape index (κ2) is 7.81. The van der Waals surface area contributed by atoms with Crippen molar-refractivity contribution in [1.82, 2.24) is 15.1 Å². The van der Waals surface area contributed by atoms with E-state index in [0.717, 1.165) is 57.5 Å². The summed E-state index contributed by atoms with van der Waals surface area (Å²) in [5, 5.41) is 3.51. The molecule has 7 heteroatoms. The molecule has 2 saturated heterocycles. The summed E-state index contributed by atoms with van der Waals surface area (Å²) in [6.45, 7) is 6.20. The third-order valence-corrected chi connectivity index (χ3v) is 4.73. The third kappa shape index (κ3) is 4.04. The van der Waals surface area contributed by atoms with Crippen LogP contribution in [0.4, 0.5) is 0 Å². The highest BCUT2D eigenvalue weighted by atomic mass is 127. The van der Waals surface area contributed by atoms with Crippen LogP contribution in [0, 0.1) is 5.92 Å². The lowest BCUT2D eigenvalue weighted by molar-refractivity contribution is -0.142. The minimum atomic E-state index is -0.193. The molecule has 3 rings (SSSR count). The molecule has 0 bridgehead atoms. The van der Waals surface area contributed by atoms with Gasteiger partial charge in [0.15, 0.2) is 5.96 Å². The van der Waals surface area contributed by atoms with Crippen molar-refractivity contribution in [1.29, 1.82) is 0 Å². The van der Waals surface area contributed by atoms with Gasteiger partial charge in [-0.15, -0.1) is 24.0 Å². The van der Waals surface area contributed by atoms with Crippen molar-refractivity contribution < 1.29 is 9.53 Å². The number of halogens is 1. The summed E-state index contributed by atoms with van der Waals surface area (Å²) < 4.78 is 5.50. The quantitative estimate of drug-likeness (QED) is 0.409. The van der Waals surface area contributed by atoms with E-state index in [-0.39, 0.29) is 36.0 Å². The van der Waals surface area contributed by atoms with Gasteiger partial charge in [-0.1, -0.05) is 6.92 Å². The Labute approximate surface area is 149 Å². The van der Waals surface area contributed by atoms with Gasteiger partial charge in [0.1, 0.15) is 6.10 Å². The fourth-order valence-corrected chi connectivity index (χ4v) is 3.10. The van der Waals surface area contributed by atoms with Crippen molar-refractivity contribution >= 4 is 35.8 Å². The minimum Gasteiger partial charge on any atom is -0.368 e. The fourth-order valence-electron chi connectivity index (χ4n) is 3.10. The molecule has 3 atom stereocenters. The molecule has 1 N–H and O–H groups in total. The molecule has 0 radical (unpaired) electrons. The van der Waals surface area contributed by atoms with E-state index in [1.54, 1.807) is 0 Å². The first-order chi connectivity index (χ1) is 10.2. The summed E-state index contributed by atoms with van der Waals surface area (Å²) in [4.78, 5) is 20.9. The smallest absolute Gasteiger partial charge is 0.251 e. The number of carbonyl (C=O) groups is 1. The van der Waals surface area contributed by atoms with Crippen LogP contribution in [0.2, 0.25) is 0 Å². The number of nitrogens with one attached hydrogen (secondary N) is 1. The molecule has 3 aliphatic rings. The number of piperazine rings is 1. The zero-order chi connectivity index (χ0) is 14.8. The SMILES string of the molecule is CN=C(NC1CC1C)N1CCN(C(=O)C2CCCO2)CC1.I. The zero-order valence-electron chi connectivity index (χ0n) is 13.5. The molecule has 1 amide bonds. The van der Waals surface area contributed by atoms with Crippen LogP contribution in [0.25, 0.3) is 0 Å². The fraction of sp³-hybridized carbons (Fsp3) is 0.867. The van der Waals surface area contributed by atoms with Crippen molar-refractivity contribution in [2.45, 2.75) is 38.3 Å². The summed E-state index contributed by atoms with van der Waals surface area (Å²) in [5.74, 6) is 1.91. The van der Waals surface area contributed by atoms with E-state index in [0.29, 0.717) is 6.04 Å². The molecule has 1 aliphatic carbocycles. The first-order valence-corrected chi connectivity index (χ1v) is 8.07. The van der Waals surface area contributed by atoms with Crippen LogP contribution < -0.4 is 5.32 Å². The number of ether oxygens (including phenoxy) is 1. The third-order valence-electron chi connectivity index (χ3n) is 4.73. The van der Waals surface area contributed by atoms with Crippen LogP contribution in [0.3, 0.4) is 0 Å². The minimum absolute atomic E-state index is 0. The first kappa shape index (κ1) is 17.8. The summed E-state index contributed by atoms with van der Waals surface area (Å²) >= 11 is 0. The van der Waals surface area contributed by atoms with E-state index in [1.807, 2.05) is 11.9 Å². The van der Waals surface area contributed by atoms with Gasteiger partial charge in [0.25, 0.3) is 5.91 Å². The summed E-state index contributed by atoms with van der Waals surface area (Å²) in [7, 11) is 1.83. The van der Waals surface area contributed by atoms with E-state index in [1.165, 1.54) is 6.42 Å². The van der Waals surface area contributed by atoms with Crippen LogP contribution in [0.15, 0.2) is 4.99 Å². The molecule has 0 spiro atoms. The Hall–Kier alpha value is -0.570. The van der Waals surface area contributed by atoms with Gasteiger partial charge in [-0.3, -0.25) is 9.79 Å². The monoisotopic (exact) mass is 422 g/mol. The summed E-state index contributed by atoms with van der Waals surface area (Å²) in [6, 6.07) is 0.579. The standard InChI is InChI=1S/C15H26N4O2.HI/c1-11-10-12(11)17-15(16-2)19-7-5-18(6-8-19)14(20)13-4-3-9-21-13;/h11-13H,3-10H2,1-2H3,(H,16,17);1H. The molecular weight excluding hydrogens is 395 g/mol. The van der Waals surface area contributed by atoms with Gasteiger partial charge in [0, 0.05) is 45.9 Å². The topological polar surface area (TPSA) is 57.2 Å². The summed E-state index contributed by atoms with van der Waals surface area (Å²) in [6.07, 6.45) is 2.92. The van der Waals surface area contributed by atoms with Crippen LogP contribution >= 0.6 is 24.0 Å². The van der Waals surface area contributed by atoms with Gasteiger partial charge in [-0.05, 0) is 25.2 Å². The number of nitrogens with zero attached hydrogens (tertiary/aromatic N) is 3. The number of hydrogen-bond donors (Lipinski definition) is 1. The van der Waals surface area contributed by atoms with Gasteiger partial charge >= 0.3 is 0 Å². The Morgan fingerprint density at radius 1 is 1.23 bits per heavy atom. The molecular formula is C15H27IN4O2. The van der Waals surface area contributed by atoms with Gasteiger partial charge in [0.05, 0.1) is 0 Å². The van der Waals surface area contributed by atoms with Crippen molar-refractivity contribution in [3.8, 4) is 0 Å². The number of rotatable bonds is 2. The number of aliphatic imine (C=N–C) groups is 1. The Kier molecular flexibility index (Phi) is 6.31. The maximum Gasteiger partial charge on any atom is 0.251 e. The number of carbonyl (C=O) groups excluding carboxylic acids is 1. The van der Waals surface area contributed by atoms with E-state index >= 15 is 0 Å². The van der Waals surface area contributed by atoms with Crippen LogP contribution in [0.5, 0.6) is 0 Å². The maximum absolute atomic E-state index is 12.3. The van der Waals surface area contributed by atoms with Crippen LogP contribution in [-0.2, 0) is 9.53 Å². The zero-order valence-corrected chi connectivity index (χ0v) is 15.8. The van der Waals surface area contributed by atoms with E-state index in [2.05, 4.69) is 22.1 Å². The molecule has 0 aromatic heterocycles. The van der Waals surface area contributed by atoms with Crippen LogP contribution in [-0.4, -0.2) is 73.6 Å². The largest absolute Gasteiger partial charge is 0.368 e. The molecule has 3 unspecified atom stereocenters. The predicted molar refractivity (Wildman–Crippen MR) is 96.6 cm³/mol. The van der Waals surface area contributed by atoms with Gasteiger partial charge in [-0.25, -0.2) is 0 Å². The molecule has 2 aliphatic heterocycles. The Morgan fingerprint density at radius 2 is 1.86 bits per heavy atom. The molecule has 6 nitrogen and oxygen atoms in total. The molecule has 0 aromatic carbocycles. The Bertz CT molecular complexity index is 418. The van der Waals surface area contributed by atoms with Crippen molar-refractivity contribution in [2.75, 3.05) is 39.8 Å². The predicted octanol–water partition coefficient (Wildman–Crippen LogP) is 0.911. The highest BCUT2D eigenvalue weighted by molar-refractivity contribution is 14.0. The average molecular weight is 422 g/mol. The Balaban J connectivity index is 0.00000176. The van der Waals surface area contributed by atoms with Crippen molar-refractivity contribution in [3.05, 3.63) is 0 Å². The molecule has 3 fully saturated rings. The van der Waals surface area contributed by atoms with Crippen molar-refractivity contribution in [2.24, 2.45) is 10.9 Å². The lowest BCUT2D eigenvalue weighted by atomic mass is 10.2. The number of hydrogen-bond acceptors (Lipinski definition) is 3. The van der Waals surface area contributed by atoms with E-state index in [9.17, 15) is 4.79 Å². The lowest BCUT2D eigenvalue weighted by Gasteiger charge is -2.37. The maximum atomic E-state index is 12.3. The van der Waals surface area contributed by atoms with E-state index < -0.39 is 0 Å².